The van der Waals surface area contributed by atoms with E-state index in [1.807, 2.05) is 19.1 Å². The predicted octanol–water partition coefficient (Wildman–Crippen LogP) is 2.85. The maximum absolute atomic E-state index is 12.4. The van der Waals surface area contributed by atoms with Gasteiger partial charge in [-0.1, -0.05) is 29.8 Å². The zero-order valence-corrected chi connectivity index (χ0v) is 15.0. The monoisotopic (exact) mass is 371 g/mol. The molecule has 0 saturated carbocycles. The normalized spacial score (nSPS) is 13.6. The summed E-state index contributed by atoms with van der Waals surface area (Å²) in [6.07, 6.45) is 1.23. The highest BCUT2D eigenvalue weighted by atomic mass is 35.5. The van der Waals surface area contributed by atoms with E-state index >= 15 is 0 Å². The van der Waals surface area contributed by atoms with Crippen molar-refractivity contribution in [1.82, 2.24) is 10.9 Å². The number of benzene rings is 2. The third-order valence-corrected chi connectivity index (χ3v) is 4.57. The van der Waals surface area contributed by atoms with Gasteiger partial charge in [0.2, 0.25) is 5.91 Å². The van der Waals surface area contributed by atoms with Crippen LogP contribution in [0.2, 0.25) is 5.02 Å². The molecular weight excluding hydrogens is 354 g/mol. The number of anilines is 1. The molecule has 1 heterocycles. The largest absolute Gasteiger partial charge is 0.311 e. The summed E-state index contributed by atoms with van der Waals surface area (Å²) in [5.41, 5.74) is 6.88. The van der Waals surface area contributed by atoms with Gasteiger partial charge in [-0.15, -0.1) is 0 Å². The van der Waals surface area contributed by atoms with E-state index in [0.29, 0.717) is 34.8 Å². The van der Waals surface area contributed by atoms with Crippen LogP contribution in [0.4, 0.5) is 5.69 Å². The summed E-state index contributed by atoms with van der Waals surface area (Å²) in [5.74, 6) is -0.908. The highest BCUT2D eigenvalue weighted by Gasteiger charge is 2.24. The molecule has 0 aliphatic carbocycles. The second kappa shape index (κ2) is 7.58. The molecule has 2 aromatic rings. The zero-order chi connectivity index (χ0) is 18.7. The zero-order valence-electron chi connectivity index (χ0n) is 14.2. The summed E-state index contributed by atoms with van der Waals surface area (Å²) in [4.78, 5) is 38.0. The van der Waals surface area contributed by atoms with Crippen LogP contribution in [-0.2, 0) is 4.79 Å². The summed E-state index contributed by atoms with van der Waals surface area (Å²) >= 11 is 6.18. The molecule has 1 aliphatic heterocycles. The van der Waals surface area contributed by atoms with Gasteiger partial charge in [-0.2, -0.15) is 0 Å². The first-order chi connectivity index (χ1) is 12.5. The van der Waals surface area contributed by atoms with E-state index in [1.165, 1.54) is 0 Å². The van der Waals surface area contributed by atoms with Gasteiger partial charge in [0.1, 0.15) is 0 Å². The average Bonchev–Trinajstić information content (AvgIpc) is 3.06. The van der Waals surface area contributed by atoms with Crippen LogP contribution < -0.4 is 15.8 Å². The number of carbonyl (C=O) groups excluding carboxylic acids is 3. The van der Waals surface area contributed by atoms with Gasteiger partial charge in [-0.3, -0.25) is 25.2 Å². The lowest BCUT2D eigenvalue weighted by Gasteiger charge is -2.18. The smallest absolute Gasteiger partial charge is 0.269 e. The summed E-state index contributed by atoms with van der Waals surface area (Å²) in [5, 5.41) is 0.403. The molecule has 2 aromatic carbocycles. The summed E-state index contributed by atoms with van der Waals surface area (Å²) in [6, 6.07) is 11.7. The van der Waals surface area contributed by atoms with Crippen molar-refractivity contribution < 1.29 is 14.4 Å². The lowest BCUT2D eigenvalue weighted by atomic mass is 10.1. The van der Waals surface area contributed by atoms with Crippen LogP contribution in [0.3, 0.4) is 0 Å². The minimum atomic E-state index is -0.489. The van der Waals surface area contributed by atoms with Gasteiger partial charge in [0.25, 0.3) is 11.8 Å². The second-order valence-corrected chi connectivity index (χ2v) is 6.45. The Labute approximate surface area is 156 Å². The standard InChI is InChI=1S/C19H18ClN3O3/c1-12-5-2-3-6-14(12)19(26)22-21-18(25)13-8-9-15(20)16(11-13)23-10-4-7-17(23)24/h2-3,5-6,8-9,11H,4,7,10H2,1H3,(H,21,25)(H,22,26). The quantitative estimate of drug-likeness (QED) is 0.814. The minimum Gasteiger partial charge on any atom is -0.311 e. The number of amides is 3. The molecule has 3 rings (SSSR count). The molecule has 6 nitrogen and oxygen atoms in total. The fraction of sp³-hybridized carbons (Fsp3) is 0.211. The van der Waals surface area contributed by atoms with Gasteiger partial charge in [0.05, 0.1) is 10.7 Å². The Hall–Kier alpha value is -2.86. The molecule has 1 fully saturated rings. The SMILES string of the molecule is Cc1ccccc1C(=O)NNC(=O)c1ccc(Cl)c(N2CCCC2=O)c1. The van der Waals surface area contributed by atoms with Crippen LogP contribution in [0.1, 0.15) is 39.1 Å². The van der Waals surface area contributed by atoms with E-state index < -0.39 is 11.8 Å². The number of nitrogens with one attached hydrogen (secondary N) is 2. The number of hydrogen-bond acceptors (Lipinski definition) is 3. The fourth-order valence-electron chi connectivity index (χ4n) is 2.84. The Morgan fingerprint density at radius 3 is 2.50 bits per heavy atom. The number of carbonyl (C=O) groups is 3. The molecule has 0 bridgehead atoms. The van der Waals surface area contributed by atoms with Crippen molar-refractivity contribution in [3.63, 3.8) is 0 Å². The van der Waals surface area contributed by atoms with Gasteiger partial charge in [0.15, 0.2) is 0 Å². The third kappa shape index (κ3) is 3.70. The molecule has 0 aromatic heterocycles. The molecule has 134 valence electrons. The van der Waals surface area contributed by atoms with Crippen molar-refractivity contribution in [2.24, 2.45) is 0 Å². The van der Waals surface area contributed by atoms with Crippen LogP contribution in [0.15, 0.2) is 42.5 Å². The van der Waals surface area contributed by atoms with Crippen LogP contribution in [-0.4, -0.2) is 24.3 Å². The van der Waals surface area contributed by atoms with Gasteiger partial charge in [-0.05, 0) is 43.2 Å². The first-order valence-electron chi connectivity index (χ1n) is 8.23. The average molecular weight is 372 g/mol. The van der Waals surface area contributed by atoms with E-state index in [-0.39, 0.29) is 5.91 Å². The maximum atomic E-state index is 12.4. The lowest BCUT2D eigenvalue weighted by molar-refractivity contribution is -0.117. The first kappa shape index (κ1) is 17.9. The van der Waals surface area contributed by atoms with E-state index in [4.69, 9.17) is 11.6 Å². The van der Waals surface area contributed by atoms with Crippen molar-refractivity contribution in [2.75, 3.05) is 11.4 Å². The first-order valence-corrected chi connectivity index (χ1v) is 8.61. The van der Waals surface area contributed by atoms with E-state index in [1.54, 1.807) is 35.2 Å². The highest BCUT2D eigenvalue weighted by Crippen LogP contribution is 2.30. The van der Waals surface area contributed by atoms with Crippen molar-refractivity contribution in [2.45, 2.75) is 19.8 Å². The molecule has 2 N–H and O–H groups in total. The van der Waals surface area contributed by atoms with Crippen molar-refractivity contribution in [3.8, 4) is 0 Å². The molecule has 1 saturated heterocycles. The predicted molar refractivity (Wildman–Crippen MR) is 99.2 cm³/mol. The molecule has 3 amide bonds. The minimum absolute atomic E-state index is 0.0164. The highest BCUT2D eigenvalue weighted by molar-refractivity contribution is 6.34. The molecule has 26 heavy (non-hydrogen) atoms. The van der Waals surface area contributed by atoms with Crippen molar-refractivity contribution in [1.29, 1.82) is 0 Å². The molecule has 0 radical (unpaired) electrons. The molecule has 1 aliphatic rings. The van der Waals surface area contributed by atoms with Gasteiger partial charge >= 0.3 is 0 Å². The number of aryl methyl sites for hydroxylation is 1. The van der Waals surface area contributed by atoms with Crippen LogP contribution in [0, 0.1) is 6.92 Å². The number of hydrazine groups is 1. The van der Waals surface area contributed by atoms with E-state index in [2.05, 4.69) is 10.9 Å². The van der Waals surface area contributed by atoms with Crippen LogP contribution in [0.5, 0.6) is 0 Å². The second-order valence-electron chi connectivity index (χ2n) is 6.04. The Balaban J connectivity index is 1.71. The lowest BCUT2D eigenvalue weighted by Crippen LogP contribution is -2.42. The summed E-state index contributed by atoms with van der Waals surface area (Å²) in [6.45, 7) is 2.39. The van der Waals surface area contributed by atoms with Gasteiger partial charge in [-0.25, -0.2) is 0 Å². The number of halogens is 1. The van der Waals surface area contributed by atoms with Crippen molar-refractivity contribution >= 4 is 35.0 Å². The third-order valence-electron chi connectivity index (χ3n) is 4.25. The van der Waals surface area contributed by atoms with Gasteiger partial charge in [0, 0.05) is 24.1 Å². The molecule has 0 atom stereocenters. The molecule has 0 unspecified atom stereocenters. The summed E-state index contributed by atoms with van der Waals surface area (Å²) < 4.78 is 0. The number of rotatable bonds is 3. The van der Waals surface area contributed by atoms with Gasteiger partial charge < -0.3 is 4.90 Å². The Kier molecular flexibility index (Phi) is 5.23. The maximum Gasteiger partial charge on any atom is 0.269 e. The van der Waals surface area contributed by atoms with Crippen molar-refractivity contribution in [3.05, 3.63) is 64.2 Å². The van der Waals surface area contributed by atoms with Crippen LogP contribution in [0.25, 0.3) is 0 Å². The number of hydrogen-bond donors (Lipinski definition) is 2. The van der Waals surface area contributed by atoms with E-state index in [9.17, 15) is 14.4 Å². The van der Waals surface area contributed by atoms with Crippen LogP contribution >= 0.6 is 11.6 Å². The molecular formula is C19H18ClN3O3. The molecule has 0 spiro atoms. The Bertz CT molecular complexity index is 882. The van der Waals surface area contributed by atoms with E-state index in [0.717, 1.165) is 12.0 Å². The Morgan fingerprint density at radius 1 is 1.08 bits per heavy atom. The Morgan fingerprint density at radius 2 is 1.81 bits per heavy atom. The summed E-state index contributed by atoms with van der Waals surface area (Å²) in [7, 11) is 0. The fourth-order valence-corrected chi connectivity index (χ4v) is 3.06. The topological polar surface area (TPSA) is 78.5 Å². The number of nitrogens with zero attached hydrogens (tertiary/aromatic N) is 1. The molecule has 7 heteroatoms.